The van der Waals surface area contributed by atoms with Crippen LogP contribution in [0.2, 0.25) is 0 Å². The summed E-state index contributed by atoms with van der Waals surface area (Å²) < 4.78 is 5.48. The second-order valence-corrected chi connectivity index (χ2v) is 4.71. The number of aryl methyl sites for hydroxylation is 1. The third kappa shape index (κ3) is 1.90. The van der Waals surface area contributed by atoms with E-state index < -0.39 is 0 Å². The van der Waals surface area contributed by atoms with E-state index in [0.29, 0.717) is 5.92 Å². The fourth-order valence-electron chi connectivity index (χ4n) is 2.02. The van der Waals surface area contributed by atoms with Crippen molar-refractivity contribution in [3.63, 3.8) is 0 Å². The SMILES string of the molecule is CC1=COC=C(C(C)C)c2cc(C)ccc21. The van der Waals surface area contributed by atoms with Crippen molar-refractivity contribution < 1.29 is 4.74 Å². The molecule has 1 nitrogen and oxygen atoms in total. The summed E-state index contributed by atoms with van der Waals surface area (Å²) in [5.41, 5.74) is 6.33. The molecule has 1 aliphatic rings. The standard InChI is InChI=1S/C15H18O/c1-10(2)15-9-16-8-12(4)13-6-5-11(3)7-14(13)15/h5-10H,1-4H3. The molecule has 0 atom stereocenters. The lowest BCUT2D eigenvalue weighted by Crippen LogP contribution is -1.97. The summed E-state index contributed by atoms with van der Waals surface area (Å²) in [6.45, 7) is 8.61. The van der Waals surface area contributed by atoms with E-state index in [1.807, 2.05) is 12.5 Å². The van der Waals surface area contributed by atoms with E-state index in [9.17, 15) is 0 Å². The van der Waals surface area contributed by atoms with Gasteiger partial charge in [0.05, 0.1) is 12.5 Å². The first-order chi connectivity index (χ1) is 7.59. The summed E-state index contributed by atoms with van der Waals surface area (Å²) in [7, 11) is 0. The van der Waals surface area contributed by atoms with Crippen molar-refractivity contribution in [3.8, 4) is 0 Å². The molecule has 2 rings (SSSR count). The van der Waals surface area contributed by atoms with Crippen molar-refractivity contribution >= 4 is 11.1 Å². The van der Waals surface area contributed by atoms with Crippen LogP contribution in [0.4, 0.5) is 0 Å². The number of ether oxygens (including phenoxy) is 1. The minimum Gasteiger partial charge on any atom is -0.472 e. The third-order valence-corrected chi connectivity index (χ3v) is 2.97. The largest absolute Gasteiger partial charge is 0.472 e. The lowest BCUT2D eigenvalue weighted by molar-refractivity contribution is 0.404. The van der Waals surface area contributed by atoms with Crippen molar-refractivity contribution in [2.24, 2.45) is 5.92 Å². The van der Waals surface area contributed by atoms with Gasteiger partial charge in [-0.1, -0.05) is 37.6 Å². The smallest absolute Gasteiger partial charge is 0.0942 e. The maximum Gasteiger partial charge on any atom is 0.0942 e. The Morgan fingerprint density at radius 3 is 2.44 bits per heavy atom. The highest BCUT2D eigenvalue weighted by Crippen LogP contribution is 2.33. The molecular formula is C15H18O. The highest BCUT2D eigenvalue weighted by atomic mass is 16.5. The van der Waals surface area contributed by atoms with Crippen LogP contribution in [0.25, 0.3) is 11.1 Å². The predicted molar refractivity (Wildman–Crippen MR) is 68.7 cm³/mol. The molecule has 1 aromatic rings. The predicted octanol–water partition coefficient (Wildman–Crippen LogP) is 4.38. The molecule has 0 fully saturated rings. The number of fused-ring (bicyclic) bond motifs is 1. The Bertz CT molecular complexity index is 464. The van der Waals surface area contributed by atoms with Gasteiger partial charge >= 0.3 is 0 Å². The van der Waals surface area contributed by atoms with Gasteiger partial charge in [0, 0.05) is 0 Å². The quantitative estimate of drug-likeness (QED) is 0.674. The van der Waals surface area contributed by atoms with Gasteiger partial charge in [-0.05, 0) is 42.0 Å². The van der Waals surface area contributed by atoms with Crippen LogP contribution in [0.15, 0.2) is 30.7 Å². The van der Waals surface area contributed by atoms with E-state index in [4.69, 9.17) is 4.74 Å². The van der Waals surface area contributed by atoms with Gasteiger partial charge < -0.3 is 4.74 Å². The van der Waals surface area contributed by atoms with Crippen LogP contribution in [0.5, 0.6) is 0 Å². The van der Waals surface area contributed by atoms with Gasteiger partial charge in [0.25, 0.3) is 0 Å². The maximum atomic E-state index is 5.48. The lowest BCUT2D eigenvalue weighted by atomic mass is 9.89. The molecule has 0 unspecified atom stereocenters. The first-order valence-corrected chi connectivity index (χ1v) is 5.73. The van der Waals surface area contributed by atoms with E-state index in [1.54, 1.807) is 0 Å². The van der Waals surface area contributed by atoms with Gasteiger partial charge in [0.1, 0.15) is 0 Å². The highest BCUT2D eigenvalue weighted by Gasteiger charge is 2.15. The Labute approximate surface area is 97.4 Å². The number of benzene rings is 1. The summed E-state index contributed by atoms with van der Waals surface area (Å²) in [5.74, 6) is 0.472. The summed E-state index contributed by atoms with van der Waals surface area (Å²) in [6.07, 6.45) is 3.70. The molecular weight excluding hydrogens is 196 g/mol. The van der Waals surface area contributed by atoms with E-state index >= 15 is 0 Å². The van der Waals surface area contributed by atoms with E-state index in [1.165, 1.54) is 27.8 Å². The molecule has 0 bridgehead atoms. The Morgan fingerprint density at radius 2 is 1.75 bits per heavy atom. The normalized spacial score (nSPS) is 14.8. The second-order valence-electron chi connectivity index (χ2n) is 4.71. The molecule has 1 heteroatoms. The maximum absolute atomic E-state index is 5.48. The molecule has 0 saturated heterocycles. The van der Waals surface area contributed by atoms with Crippen LogP contribution in [0.3, 0.4) is 0 Å². The average Bonchev–Trinajstić information content (AvgIpc) is 2.38. The van der Waals surface area contributed by atoms with Gasteiger partial charge in [0.2, 0.25) is 0 Å². The van der Waals surface area contributed by atoms with Crippen LogP contribution in [-0.2, 0) is 4.74 Å². The van der Waals surface area contributed by atoms with Gasteiger partial charge in [-0.2, -0.15) is 0 Å². The van der Waals surface area contributed by atoms with Gasteiger partial charge in [-0.25, -0.2) is 0 Å². The lowest BCUT2D eigenvalue weighted by Gasteiger charge is -2.14. The van der Waals surface area contributed by atoms with Crippen LogP contribution < -0.4 is 0 Å². The van der Waals surface area contributed by atoms with Gasteiger partial charge in [-0.15, -0.1) is 0 Å². The van der Waals surface area contributed by atoms with E-state index in [0.717, 1.165) is 0 Å². The van der Waals surface area contributed by atoms with Crippen molar-refractivity contribution in [3.05, 3.63) is 47.4 Å². The monoisotopic (exact) mass is 214 g/mol. The molecule has 1 heterocycles. The Morgan fingerprint density at radius 1 is 1.00 bits per heavy atom. The zero-order valence-electron chi connectivity index (χ0n) is 10.4. The number of hydrogen-bond acceptors (Lipinski definition) is 1. The minimum absolute atomic E-state index is 0.472. The topological polar surface area (TPSA) is 9.23 Å². The summed E-state index contributed by atoms with van der Waals surface area (Å²) in [5, 5.41) is 0. The van der Waals surface area contributed by atoms with Gasteiger partial charge in [0.15, 0.2) is 0 Å². The molecule has 0 N–H and O–H groups in total. The molecule has 0 saturated carbocycles. The molecule has 0 radical (unpaired) electrons. The Balaban J connectivity index is 2.64. The van der Waals surface area contributed by atoms with Crippen molar-refractivity contribution in [1.82, 2.24) is 0 Å². The summed E-state index contributed by atoms with van der Waals surface area (Å²) in [6, 6.07) is 6.58. The van der Waals surface area contributed by atoms with Crippen molar-refractivity contribution in [2.45, 2.75) is 27.7 Å². The number of rotatable bonds is 1. The molecule has 84 valence electrons. The highest BCUT2D eigenvalue weighted by molar-refractivity contribution is 5.80. The van der Waals surface area contributed by atoms with Crippen LogP contribution in [0.1, 0.15) is 37.5 Å². The number of hydrogen-bond donors (Lipinski definition) is 0. The molecule has 0 amide bonds. The molecule has 0 aliphatic carbocycles. The van der Waals surface area contributed by atoms with Crippen molar-refractivity contribution in [2.75, 3.05) is 0 Å². The average molecular weight is 214 g/mol. The van der Waals surface area contributed by atoms with Crippen molar-refractivity contribution in [1.29, 1.82) is 0 Å². The molecule has 0 spiro atoms. The first kappa shape index (κ1) is 11.0. The Kier molecular flexibility index (Phi) is 2.86. The number of allylic oxidation sites excluding steroid dienone is 2. The zero-order chi connectivity index (χ0) is 11.7. The molecule has 0 aromatic heterocycles. The second kappa shape index (κ2) is 4.17. The zero-order valence-corrected chi connectivity index (χ0v) is 10.4. The summed E-state index contributed by atoms with van der Waals surface area (Å²) >= 11 is 0. The van der Waals surface area contributed by atoms with Crippen LogP contribution >= 0.6 is 0 Å². The summed E-state index contributed by atoms with van der Waals surface area (Å²) in [4.78, 5) is 0. The Hall–Kier alpha value is -1.50. The van der Waals surface area contributed by atoms with E-state index in [2.05, 4.69) is 45.9 Å². The van der Waals surface area contributed by atoms with Crippen LogP contribution in [-0.4, -0.2) is 0 Å². The fraction of sp³-hybridized carbons (Fsp3) is 0.333. The molecule has 1 aromatic carbocycles. The molecule has 1 aliphatic heterocycles. The molecule has 16 heavy (non-hydrogen) atoms. The third-order valence-electron chi connectivity index (χ3n) is 2.97. The first-order valence-electron chi connectivity index (χ1n) is 5.73. The van der Waals surface area contributed by atoms with Gasteiger partial charge in [-0.3, -0.25) is 0 Å². The van der Waals surface area contributed by atoms with Crippen LogP contribution in [0, 0.1) is 12.8 Å². The van der Waals surface area contributed by atoms with E-state index in [-0.39, 0.29) is 0 Å². The fourth-order valence-corrected chi connectivity index (χ4v) is 2.02. The minimum atomic E-state index is 0.472.